The molecule has 0 radical (unpaired) electrons. The van der Waals surface area contributed by atoms with Gasteiger partial charge in [0.05, 0.1) is 0 Å². The summed E-state index contributed by atoms with van der Waals surface area (Å²) in [6.45, 7) is 7.71. The highest BCUT2D eigenvalue weighted by Crippen LogP contribution is 2.26. The van der Waals surface area contributed by atoms with Crippen LogP contribution in [-0.4, -0.2) is 35.7 Å². The van der Waals surface area contributed by atoms with Crippen LogP contribution in [0.3, 0.4) is 0 Å². The monoisotopic (exact) mass is 248 g/mol. The maximum absolute atomic E-state index is 9.26. The SMILES string of the molecule is CCN(CCNC(C)c1ccc(O)cc1)C1CC1. The molecule has 1 aromatic carbocycles. The molecule has 0 amide bonds. The fourth-order valence-electron chi connectivity index (χ4n) is 2.34. The molecule has 1 fully saturated rings. The summed E-state index contributed by atoms with van der Waals surface area (Å²) in [6.07, 6.45) is 2.75. The van der Waals surface area contributed by atoms with Crippen LogP contribution >= 0.6 is 0 Å². The first kappa shape index (κ1) is 13.4. The fourth-order valence-corrected chi connectivity index (χ4v) is 2.34. The van der Waals surface area contributed by atoms with Gasteiger partial charge in [0.15, 0.2) is 0 Å². The molecule has 0 heterocycles. The Kier molecular flexibility index (Phi) is 4.61. The van der Waals surface area contributed by atoms with Gasteiger partial charge in [-0.2, -0.15) is 0 Å². The zero-order valence-electron chi connectivity index (χ0n) is 11.4. The maximum Gasteiger partial charge on any atom is 0.115 e. The fraction of sp³-hybridized carbons (Fsp3) is 0.600. The molecule has 0 bridgehead atoms. The summed E-state index contributed by atoms with van der Waals surface area (Å²) in [5.74, 6) is 0.330. The van der Waals surface area contributed by atoms with Crippen LogP contribution in [0, 0.1) is 0 Å². The lowest BCUT2D eigenvalue weighted by Crippen LogP contribution is -2.34. The standard InChI is InChI=1S/C15H24N2O/c1-3-17(14-6-7-14)11-10-16-12(2)13-4-8-15(18)9-5-13/h4-5,8-9,12,14,16,18H,3,6-7,10-11H2,1-2H3. The van der Waals surface area contributed by atoms with Gasteiger partial charge in [-0.15, -0.1) is 0 Å². The summed E-state index contributed by atoms with van der Waals surface area (Å²) >= 11 is 0. The zero-order chi connectivity index (χ0) is 13.0. The number of hydrogen-bond donors (Lipinski definition) is 2. The van der Waals surface area contributed by atoms with E-state index in [1.807, 2.05) is 12.1 Å². The van der Waals surface area contributed by atoms with E-state index < -0.39 is 0 Å². The molecule has 100 valence electrons. The van der Waals surface area contributed by atoms with E-state index in [0.29, 0.717) is 11.8 Å². The molecule has 2 N–H and O–H groups in total. The molecule has 0 aromatic heterocycles. The third kappa shape index (κ3) is 3.72. The van der Waals surface area contributed by atoms with Crippen LogP contribution in [0.2, 0.25) is 0 Å². The van der Waals surface area contributed by atoms with E-state index in [2.05, 4.69) is 24.1 Å². The van der Waals surface area contributed by atoms with Crippen molar-refractivity contribution in [1.29, 1.82) is 0 Å². The van der Waals surface area contributed by atoms with E-state index in [1.165, 1.54) is 18.4 Å². The Morgan fingerprint density at radius 1 is 1.33 bits per heavy atom. The Balaban J connectivity index is 1.73. The van der Waals surface area contributed by atoms with Crippen LogP contribution in [0.5, 0.6) is 5.75 Å². The van der Waals surface area contributed by atoms with E-state index >= 15 is 0 Å². The highest BCUT2D eigenvalue weighted by atomic mass is 16.3. The highest BCUT2D eigenvalue weighted by Gasteiger charge is 2.27. The second-order valence-corrected chi connectivity index (χ2v) is 5.13. The second kappa shape index (κ2) is 6.21. The predicted octanol–water partition coefficient (Wildman–Crippen LogP) is 2.53. The Bertz CT molecular complexity index is 359. The van der Waals surface area contributed by atoms with Crippen molar-refractivity contribution in [3.05, 3.63) is 29.8 Å². The van der Waals surface area contributed by atoms with E-state index in [9.17, 15) is 5.11 Å². The van der Waals surface area contributed by atoms with E-state index in [4.69, 9.17) is 0 Å². The lowest BCUT2D eigenvalue weighted by Gasteiger charge is -2.21. The first-order valence-corrected chi connectivity index (χ1v) is 6.97. The largest absolute Gasteiger partial charge is 0.508 e. The lowest BCUT2D eigenvalue weighted by atomic mass is 10.1. The van der Waals surface area contributed by atoms with Crippen LogP contribution in [-0.2, 0) is 0 Å². The Hall–Kier alpha value is -1.06. The van der Waals surface area contributed by atoms with Gasteiger partial charge in [0.1, 0.15) is 5.75 Å². The van der Waals surface area contributed by atoms with Crippen molar-refractivity contribution in [1.82, 2.24) is 10.2 Å². The minimum Gasteiger partial charge on any atom is -0.508 e. The molecule has 0 spiro atoms. The number of phenolic OH excluding ortho intramolecular Hbond substituents is 1. The summed E-state index contributed by atoms with van der Waals surface area (Å²) in [7, 11) is 0. The molecule has 18 heavy (non-hydrogen) atoms. The molecule has 2 rings (SSSR count). The number of benzene rings is 1. The number of nitrogens with one attached hydrogen (secondary N) is 1. The molecule has 0 aliphatic heterocycles. The number of nitrogens with zero attached hydrogens (tertiary/aromatic N) is 1. The molecular weight excluding hydrogens is 224 g/mol. The Labute approximate surface area is 110 Å². The van der Waals surface area contributed by atoms with E-state index in [1.54, 1.807) is 12.1 Å². The number of hydrogen-bond acceptors (Lipinski definition) is 3. The molecule has 1 saturated carbocycles. The van der Waals surface area contributed by atoms with Crippen LogP contribution in [0.1, 0.15) is 38.3 Å². The predicted molar refractivity (Wildman–Crippen MR) is 74.8 cm³/mol. The molecule has 3 nitrogen and oxygen atoms in total. The molecule has 1 unspecified atom stereocenters. The summed E-state index contributed by atoms with van der Waals surface area (Å²) in [5, 5.41) is 12.8. The van der Waals surface area contributed by atoms with Crippen molar-refractivity contribution in [2.45, 2.75) is 38.8 Å². The van der Waals surface area contributed by atoms with Gasteiger partial charge in [0.25, 0.3) is 0 Å². The van der Waals surface area contributed by atoms with Gasteiger partial charge in [0, 0.05) is 25.2 Å². The molecule has 1 aliphatic rings. The number of likely N-dealkylation sites (N-methyl/N-ethyl adjacent to an activating group) is 1. The Morgan fingerprint density at radius 3 is 2.56 bits per heavy atom. The van der Waals surface area contributed by atoms with Crippen LogP contribution < -0.4 is 5.32 Å². The average Bonchev–Trinajstić information content (AvgIpc) is 3.19. The van der Waals surface area contributed by atoms with Crippen molar-refractivity contribution >= 4 is 0 Å². The molecular formula is C15H24N2O. The van der Waals surface area contributed by atoms with Crippen LogP contribution in [0.25, 0.3) is 0 Å². The van der Waals surface area contributed by atoms with Crippen molar-refractivity contribution in [3.63, 3.8) is 0 Å². The summed E-state index contributed by atoms with van der Waals surface area (Å²) in [5.41, 5.74) is 1.22. The van der Waals surface area contributed by atoms with Gasteiger partial charge in [-0.05, 0) is 44.0 Å². The second-order valence-electron chi connectivity index (χ2n) is 5.13. The molecule has 1 atom stereocenters. The highest BCUT2D eigenvalue weighted by molar-refractivity contribution is 5.27. The van der Waals surface area contributed by atoms with Gasteiger partial charge >= 0.3 is 0 Å². The topological polar surface area (TPSA) is 35.5 Å². The van der Waals surface area contributed by atoms with Gasteiger partial charge in [0.2, 0.25) is 0 Å². The third-order valence-corrected chi connectivity index (χ3v) is 3.71. The zero-order valence-corrected chi connectivity index (χ0v) is 11.4. The van der Waals surface area contributed by atoms with Crippen molar-refractivity contribution < 1.29 is 5.11 Å². The van der Waals surface area contributed by atoms with Crippen LogP contribution in [0.4, 0.5) is 0 Å². The van der Waals surface area contributed by atoms with Gasteiger partial charge in [-0.3, -0.25) is 4.90 Å². The lowest BCUT2D eigenvalue weighted by molar-refractivity contribution is 0.273. The van der Waals surface area contributed by atoms with E-state index in [0.717, 1.165) is 25.7 Å². The van der Waals surface area contributed by atoms with Gasteiger partial charge < -0.3 is 10.4 Å². The van der Waals surface area contributed by atoms with Crippen LogP contribution in [0.15, 0.2) is 24.3 Å². The minimum atomic E-state index is 0.330. The van der Waals surface area contributed by atoms with E-state index in [-0.39, 0.29) is 0 Å². The number of rotatable bonds is 7. The first-order chi connectivity index (χ1) is 8.70. The Morgan fingerprint density at radius 2 is 2.00 bits per heavy atom. The quantitative estimate of drug-likeness (QED) is 0.778. The maximum atomic E-state index is 9.26. The summed E-state index contributed by atoms with van der Waals surface area (Å²) < 4.78 is 0. The number of aromatic hydroxyl groups is 1. The molecule has 3 heteroatoms. The van der Waals surface area contributed by atoms with Crippen molar-refractivity contribution in [2.24, 2.45) is 0 Å². The minimum absolute atomic E-state index is 0.330. The molecule has 1 aromatic rings. The number of phenols is 1. The van der Waals surface area contributed by atoms with Gasteiger partial charge in [-0.1, -0.05) is 19.1 Å². The summed E-state index contributed by atoms with van der Waals surface area (Å²) in [4.78, 5) is 2.55. The third-order valence-electron chi connectivity index (χ3n) is 3.71. The summed E-state index contributed by atoms with van der Waals surface area (Å²) in [6, 6.07) is 8.63. The average molecular weight is 248 g/mol. The van der Waals surface area contributed by atoms with Crippen molar-refractivity contribution in [2.75, 3.05) is 19.6 Å². The normalized spacial score (nSPS) is 17.1. The van der Waals surface area contributed by atoms with Gasteiger partial charge in [-0.25, -0.2) is 0 Å². The van der Waals surface area contributed by atoms with Crippen molar-refractivity contribution in [3.8, 4) is 5.75 Å². The molecule has 0 saturated heterocycles. The first-order valence-electron chi connectivity index (χ1n) is 6.97. The molecule has 1 aliphatic carbocycles. The smallest absolute Gasteiger partial charge is 0.115 e.